The van der Waals surface area contributed by atoms with Crippen LogP contribution >= 0.6 is 0 Å². The van der Waals surface area contributed by atoms with Crippen LogP contribution in [0.2, 0.25) is 0 Å². The summed E-state index contributed by atoms with van der Waals surface area (Å²) in [6, 6.07) is 5.19. The maximum atomic E-state index is 12.5. The van der Waals surface area contributed by atoms with Gasteiger partial charge in [0.05, 0.1) is 5.83 Å². The van der Waals surface area contributed by atoms with Crippen molar-refractivity contribution in [3.05, 3.63) is 84.0 Å². The smallest absolute Gasteiger partial charge is 0.246 e. The highest BCUT2D eigenvalue weighted by molar-refractivity contribution is 5.97. The van der Waals surface area contributed by atoms with Gasteiger partial charge in [0, 0.05) is 23.5 Å². The molecule has 1 aromatic rings. The Bertz CT molecular complexity index is 1090. The zero-order chi connectivity index (χ0) is 27.6. The third-order valence-electron chi connectivity index (χ3n) is 5.32. The van der Waals surface area contributed by atoms with Crippen LogP contribution in [0.1, 0.15) is 62.4 Å². The van der Waals surface area contributed by atoms with E-state index in [0.717, 1.165) is 29.7 Å². The Morgan fingerprint density at radius 1 is 1.27 bits per heavy atom. The first kappa shape index (κ1) is 31.4. The van der Waals surface area contributed by atoms with Crippen LogP contribution in [-0.4, -0.2) is 31.4 Å². The summed E-state index contributed by atoms with van der Waals surface area (Å²) in [5.41, 5.74) is 5.21. The Balaban J connectivity index is 0.000000377. The molecule has 1 amide bonds. The average molecular weight is 507 g/mol. The lowest BCUT2D eigenvalue weighted by Crippen LogP contribution is -2.41. The van der Waals surface area contributed by atoms with Crippen LogP contribution in [0.25, 0.3) is 0 Å². The predicted octanol–water partition coefficient (Wildman–Crippen LogP) is 6.00. The number of Topliss-reactive ketones (excluding diaryl/α,β-unsaturated/α-hetero) is 1. The molecular weight excluding hydrogens is 467 g/mol. The second-order valence-electron chi connectivity index (χ2n) is 8.39. The van der Waals surface area contributed by atoms with Crippen LogP contribution in [0, 0.1) is 17.8 Å². The first-order valence-corrected chi connectivity index (χ1v) is 12.6. The highest BCUT2D eigenvalue weighted by Crippen LogP contribution is 2.27. The molecule has 1 atom stereocenters. The molecule has 0 saturated heterocycles. The van der Waals surface area contributed by atoms with Crippen molar-refractivity contribution < 1.29 is 18.7 Å². The first-order valence-electron chi connectivity index (χ1n) is 12.6. The molecule has 0 aromatic heterocycles. The minimum Gasteiger partial charge on any atom is -0.481 e. The van der Waals surface area contributed by atoms with Gasteiger partial charge in [0.2, 0.25) is 5.91 Å². The maximum Gasteiger partial charge on any atom is 0.246 e. The van der Waals surface area contributed by atoms with Crippen molar-refractivity contribution in [2.45, 2.75) is 58.9 Å². The normalized spacial score (nSPS) is 12.8. The van der Waals surface area contributed by atoms with Crippen LogP contribution in [0.5, 0.6) is 5.75 Å². The molecule has 37 heavy (non-hydrogen) atoms. The molecule has 0 aliphatic heterocycles. The van der Waals surface area contributed by atoms with E-state index in [1.54, 1.807) is 7.05 Å². The Hall–Kier alpha value is -3.65. The molecule has 2 N–H and O–H groups in total. The predicted molar refractivity (Wildman–Crippen MR) is 149 cm³/mol. The van der Waals surface area contributed by atoms with Gasteiger partial charge in [-0.1, -0.05) is 51.0 Å². The van der Waals surface area contributed by atoms with E-state index < -0.39 is 6.04 Å². The Kier molecular flexibility index (Phi) is 15.0. The number of carbonyl (C=O) groups excluding carboxylic acids is 2. The number of hydrogen-bond donors (Lipinski definition) is 2. The summed E-state index contributed by atoms with van der Waals surface area (Å²) < 4.78 is 18.1. The number of ketones is 1. The molecule has 1 aromatic carbocycles. The summed E-state index contributed by atoms with van der Waals surface area (Å²) in [5.74, 6) is 7.14. The van der Waals surface area contributed by atoms with Crippen LogP contribution in [0.3, 0.4) is 0 Å². The number of carbonyl (C=O) groups is 2. The van der Waals surface area contributed by atoms with Gasteiger partial charge in [-0.05, 0) is 75.7 Å². The average Bonchev–Trinajstić information content (AvgIpc) is 3.71. The molecule has 6 heteroatoms. The number of ether oxygens (including phenoxy) is 1. The van der Waals surface area contributed by atoms with Crippen molar-refractivity contribution >= 4 is 11.7 Å². The van der Waals surface area contributed by atoms with E-state index in [0.29, 0.717) is 24.5 Å². The summed E-state index contributed by atoms with van der Waals surface area (Å²) in [6.45, 7) is 12.8. The van der Waals surface area contributed by atoms with Crippen LogP contribution in [-0.2, 0) is 11.2 Å². The van der Waals surface area contributed by atoms with Crippen molar-refractivity contribution in [3.63, 3.8) is 0 Å². The summed E-state index contributed by atoms with van der Waals surface area (Å²) in [4.78, 5) is 23.7. The van der Waals surface area contributed by atoms with Gasteiger partial charge < -0.3 is 15.4 Å². The Morgan fingerprint density at radius 3 is 2.54 bits per heavy atom. The molecule has 1 fully saturated rings. The number of halogens is 1. The molecule has 0 bridgehead atoms. The van der Waals surface area contributed by atoms with E-state index >= 15 is 0 Å². The Morgan fingerprint density at radius 2 is 2.00 bits per heavy atom. The lowest BCUT2D eigenvalue weighted by atomic mass is 9.99. The summed E-state index contributed by atoms with van der Waals surface area (Å²) >= 11 is 0. The van der Waals surface area contributed by atoms with Crippen LogP contribution < -0.4 is 15.4 Å². The minimum absolute atomic E-state index is 0.207. The van der Waals surface area contributed by atoms with Gasteiger partial charge in [-0.3, -0.25) is 9.59 Å². The van der Waals surface area contributed by atoms with Gasteiger partial charge in [0.15, 0.2) is 5.78 Å². The van der Waals surface area contributed by atoms with Crippen molar-refractivity contribution in [1.82, 2.24) is 10.6 Å². The summed E-state index contributed by atoms with van der Waals surface area (Å²) in [6.07, 6.45) is 10.2. The molecule has 1 saturated carbocycles. The second kappa shape index (κ2) is 17.7. The zero-order valence-electron chi connectivity index (χ0n) is 22.5. The van der Waals surface area contributed by atoms with Gasteiger partial charge in [0.25, 0.3) is 0 Å². The standard InChI is InChI=1S/C18H22O2.C13H17FN2O/c1-3-6-18(19)17-13-16(11-10-15(17)4-2)20-12-5-7-14-8-9-14;1-5-11(9-7-8-10(3)14)12(15-4)13(17)16-6-2/h10-11,13-14H,3-4,6,8-9,12H2,1-2H3;5-8,12,15H,1-2H2,3-4H3,(H,16,17)/b;10-8+. The number of nitrogens with one attached hydrogen (secondary N) is 2. The molecule has 5 nitrogen and oxygen atoms in total. The summed E-state index contributed by atoms with van der Waals surface area (Å²) in [7, 11) is 1.63. The quantitative estimate of drug-likeness (QED) is 0.158. The maximum absolute atomic E-state index is 12.5. The van der Waals surface area contributed by atoms with Crippen LogP contribution in [0.4, 0.5) is 4.39 Å². The van der Waals surface area contributed by atoms with Crippen molar-refractivity contribution in [3.8, 4) is 17.6 Å². The lowest BCUT2D eigenvalue weighted by Gasteiger charge is -2.13. The molecule has 1 aliphatic rings. The van der Waals surface area contributed by atoms with E-state index in [9.17, 15) is 14.0 Å². The third kappa shape index (κ3) is 12.2. The van der Waals surface area contributed by atoms with Gasteiger partial charge in [-0.2, -0.15) is 0 Å². The van der Waals surface area contributed by atoms with Gasteiger partial charge >= 0.3 is 0 Å². The molecule has 0 radical (unpaired) electrons. The van der Waals surface area contributed by atoms with Crippen LogP contribution in [0.15, 0.2) is 72.9 Å². The van der Waals surface area contributed by atoms with E-state index in [-0.39, 0.29) is 17.5 Å². The number of hydrogen-bond acceptors (Lipinski definition) is 4. The Labute approximate surface area is 221 Å². The fourth-order valence-electron chi connectivity index (χ4n) is 3.23. The SMILES string of the molecule is C=CNC(=O)C(NC)C(=C=C/C=C(\C)F)C=C.CCCC(=O)c1cc(OCC#CC2CC2)ccc1CC. The first-order chi connectivity index (χ1) is 17.8. The fraction of sp³-hybridized carbons (Fsp3) is 0.387. The van der Waals surface area contributed by atoms with Gasteiger partial charge in [0.1, 0.15) is 18.4 Å². The monoisotopic (exact) mass is 506 g/mol. The van der Waals surface area contributed by atoms with Crippen molar-refractivity contribution in [2.75, 3.05) is 13.7 Å². The number of benzene rings is 1. The second-order valence-corrected chi connectivity index (χ2v) is 8.39. The molecule has 1 unspecified atom stereocenters. The van der Waals surface area contributed by atoms with Gasteiger partial charge in [-0.15, -0.1) is 5.73 Å². The number of aryl methyl sites for hydroxylation is 1. The number of amides is 1. The molecule has 198 valence electrons. The lowest BCUT2D eigenvalue weighted by molar-refractivity contribution is -0.121. The molecular formula is C31H39FN2O3. The fourth-order valence-corrected chi connectivity index (χ4v) is 3.23. The number of rotatable bonds is 12. The third-order valence-corrected chi connectivity index (χ3v) is 5.32. The molecule has 0 heterocycles. The van der Waals surface area contributed by atoms with E-state index in [2.05, 4.69) is 48.3 Å². The molecule has 2 rings (SSSR count). The zero-order valence-corrected chi connectivity index (χ0v) is 22.5. The number of allylic oxidation sites excluding steroid dienone is 2. The van der Waals surface area contributed by atoms with E-state index in [1.807, 2.05) is 25.1 Å². The highest BCUT2D eigenvalue weighted by atomic mass is 19.1. The minimum atomic E-state index is -0.602. The summed E-state index contributed by atoms with van der Waals surface area (Å²) in [5, 5.41) is 5.27. The van der Waals surface area contributed by atoms with Gasteiger partial charge in [-0.25, -0.2) is 4.39 Å². The van der Waals surface area contributed by atoms with E-state index in [1.165, 1.54) is 44.2 Å². The highest BCUT2D eigenvalue weighted by Gasteiger charge is 2.18. The van der Waals surface area contributed by atoms with Crippen molar-refractivity contribution in [1.29, 1.82) is 0 Å². The van der Waals surface area contributed by atoms with E-state index in [4.69, 9.17) is 4.74 Å². The molecule has 1 aliphatic carbocycles. The molecule has 0 spiro atoms. The van der Waals surface area contributed by atoms with Crippen molar-refractivity contribution in [2.24, 2.45) is 5.92 Å². The largest absolute Gasteiger partial charge is 0.481 e. The topological polar surface area (TPSA) is 67.4 Å². The number of likely N-dealkylation sites (N-methyl/N-ethyl adjacent to an activating group) is 1.